The van der Waals surface area contributed by atoms with Crippen LogP contribution in [0, 0.1) is 13.8 Å². The first-order chi connectivity index (χ1) is 14.4. The molecule has 1 aromatic heterocycles. The largest absolute Gasteiger partial charge is 0.355 e. The summed E-state index contributed by atoms with van der Waals surface area (Å²) in [5.41, 5.74) is 4.43. The molecule has 3 aromatic rings. The topological polar surface area (TPSA) is 75.5 Å². The van der Waals surface area contributed by atoms with E-state index >= 15 is 0 Å². The first kappa shape index (κ1) is 20.2. The SMILES string of the molecule is CCN(CC)c1ncnc2c1N=C(c1ccc(C)cc1)c1cc(C)ccc1S2(=O)=O. The van der Waals surface area contributed by atoms with E-state index in [0.717, 1.165) is 16.7 Å². The Morgan fingerprint density at radius 1 is 0.900 bits per heavy atom. The molecule has 1 aliphatic rings. The molecule has 0 N–H and O–H groups in total. The zero-order valence-electron chi connectivity index (χ0n) is 17.5. The third-order valence-electron chi connectivity index (χ3n) is 5.32. The highest BCUT2D eigenvalue weighted by Crippen LogP contribution is 2.40. The Balaban J connectivity index is 2.12. The maximum absolute atomic E-state index is 13.6. The van der Waals surface area contributed by atoms with Crippen LogP contribution >= 0.6 is 0 Å². The molecule has 0 atom stereocenters. The molecule has 2 aromatic carbocycles. The zero-order chi connectivity index (χ0) is 21.5. The van der Waals surface area contributed by atoms with Gasteiger partial charge < -0.3 is 4.90 Å². The van der Waals surface area contributed by atoms with E-state index in [0.29, 0.717) is 35.9 Å². The number of nitrogens with zero attached hydrogens (tertiary/aromatic N) is 4. The minimum atomic E-state index is -3.87. The van der Waals surface area contributed by atoms with E-state index in [1.54, 1.807) is 12.1 Å². The van der Waals surface area contributed by atoms with Crippen LogP contribution in [0.4, 0.5) is 11.5 Å². The normalized spacial score (nSPS) is 14.3. The minimum Gasteiger partial charge on any atom is -0.355 e. The maximum Gasteiger partial charge on any atom is 0.226 e. The van der Waals surface area contributed by atoms with E-state index in [2.05, 4.69) is 9.97 Å². The Labute approximate surface area is 177 Å². The standard InChI is InChI=1S/C23H24N4O2S/c1-5-27(6-2)22-21-23(25-14-24-22)30(28,29)19-12-9-16(4)13-18(19)20(26-21)17-10-7-15(3)8-11-17/h7-14H,5-6H2,1-4H3. The van der Waals surface area contributed by atoms with Crippen molar-refractivity contribution >= 4 is 27.1 Å². The molecule has 0 amide bonds. The number of fused-ring (bicyclic) bond motifs is 2. The van der Waals surface area contributed by atoms with Crippen molar-refractivity contribution in [2.24, 2.45) is 4.99 Å². The van der Waals surface area contributed by atoms with Crippen LogP contribution in [-0.2, 0) is 9.84 Å². The fraction of sp³-hybridized carbons (Fsp3) is 0.261. The third-order valence-corrected chi connectivity index (χ3v) is 7.06. The maximum atomic E-state index is 13.6. The highest BCUT2D eigenvalue weighted by molar-refractivity contribution is 7.91. The predicted molar refractivity (Wildman–Crippen MR) is 119 cm³/mol. The lowest BCUT2D eigenvalue weighted by atomic mass is 9.99. The van der Waals surface area contributed by atoms with Crippen LogP contribution < -0.4 is 4.90 Å². The number of benzene rings is 2. The Morgan fingerprint density at radius 2 is 1.57 bits per heavy atom. The number of rotatable bonds is 4. The Morgan fingerprint density at radius 3 is 2.23 bits per heavy atom. The van der Waals surface area contributed by atoms with Crippen LogP contribution in [0.5, 0.6) is 0 Å². The van der Waals surface area contributed by atoms with Crippen LogP contribution in [0.25, 0.3) is 0 Å². The van der Waals surface area contributed by atoms with Crippen molar-refractivity contribution in [3.8, 4) is 0 Å². The van der Waals surface area contributed by atoms with Gasteiger partial charge in [-0.25, -0.2) is 23.4 Å². The molecule has 0 saturated carbocycles. The first-order valence-electron chi connectivity index (χ1n) is 9.98. The van der Waals surface area contributed by atoms with E-state index in [1.807, 2.05) is 62.9 Å². The lowest BCUT2D eigenvalue weighted by molar-refractivity contribution is 0.592. The number of anilines is 1. The summed E-state index contributed by atoms with van der Waals surface area (Å²) in [4.78, 5) is 15.7. The molecule has 0 saturated heterocycles. The quantitative estimate of drug-likeness (QED) is 0.461. The van der Waals surface area contributed by atoms with Crippen molar-refractivity contribution in [3.63, 3.8) is 0 Å². The highest BCUT2D eigenvalue weighted by atomic mass is 32.2. The monoisotopic (exact) mass is 420 g/mol. The lowest BCUT2D eigenvalue weighted by Crippen LogP contribution is -2.23. The molecule has 7 heteroatoms. The Hall–Kier alpha value is -3.06. The van der Waals surface area contributed by atoms with Gasteiger partial charge in [-0.2, -0.15) is 0 Å². The van der Waals surface area contributed by atoms with Gasteiger partial charge in [0.15, 0.2) is 10.8 Å². The molecule has 4 rings (SSSR count). The summed E-state index contributed by atoms with van der Waals surface area (Å²) in [5.74, 6) is 0.530. The Bertz CT molecular complexity index is 1240. The van der Waals surface area contributed by atoms with Crippen LogP contribution in [-0.4, -0.2) is 37.2 Å². The predicted octanol–water partition coefficient (Wildman–Crippen LogP) is 4.25. The average Bonchev–Trinajstić information content (AvgIpc) is 2.82. The summed E-state index contributed by atoms with van der Waals surface area (Å²) in [6.45, 7) is 9.34. The second-order valence-corrected chi connectivity index (χ2v) is 9.19. The van der Waals surface area contributed by atoms with Crippen molar-refractivity contribution in [1.82, 2.24) is 9.97 Å². The van der Waals surface area contributed by atoms with E-state index in [1.165, 1.54) is 6.33 Å². The van der Waals surface area contributed by atoms with Crippen molar-refractivity contribution in [1.29, 1.82) is 0 Å². The molecule has 0 fully saturated rings. The summed E-state index contributed by atoms with van der Waals surface area (Å²) in [6, 6.07) is 13.3. The van der Waals surface area contributed by atoms with Gasteiger partial charge in [-0.1, -0.05) is 41.5 Å². The lowest BCUT2D eigenvalue weighted by Gasteiger charge is -2.21. The molecule has 1 aliphatic heterocycles. The molecule has 2 heterocycles. The van der Waals surface area contributed by atoms with E-state index in [-0.39, 0.29) is 9.92 Å². The summed E-state index contributed by atoms with van der Waals surface area (Å²) in [5, 5.41) is -0.0494. The second kappa shape index (κ2) is 7.65. The van der Waals surface area contributed by atoms with Gasteiger partial charge in [0, 0.05) is 24.2 Å². The second-order valence-electron chi connectivity index (χ2n) is 7.35. The summed E-state index contributed by atoms with van der Waals surface area (Å²) in [7, 11) is -3.87. The highest BCUT2D eigenvalue weighted by Gasteiger charge is 2.33. The van der Waals surface area contributed by atoms with E-state index in [9.17, 15) is 8.42 Å². The minimum absolute atomic E-state index is 0.0494. The van der Waals surface area contributed by atoms with Crippen molar-refractivity contribution < 1.29 is 8.42 Å². The van der Waals surface area contributed by atoms with E-state index in [4.69, 9.17) is 4.99 Å². The number of aliphatic imine (C=N–C) groups is 1. The van der Waals surface area contributed by atoms with Gasteiger partial charge in [0.2, 0.25) is 9.84 Å². The fourth-order valence-corrected chi connectivity index (χ4v) is 5.15. The molecule has 0 spiro atoms. The first-order valence-corrected chi connectivity index (χ1v) is 11.5. The number of hydrogen-bond donors (Lipinski definition) is 0. The number of aryl methyl sites for hydroxylation is 2. The van der Waals surface area contributed by atoms with Crippen LogP contribution in [0.1, 0.15) is 36.1 Å². The van der Waals surface area contributed by atoms with Crippen LogP contribution in [0.2, 0.25) is 0 Å². The van der Waals surface area contributed by atoms with Gasteiger partial charge in [0.05, 0.1) is 10.6 Å². The average molecular weight is 421 g/mol. The Kier molecular flexibility index (Phi) is 5.15. The molecule has 0 aliphatic carbocycles. The van der Waals surface area contributed by atoms with Crippen LogP contribution in [0.3, 0.4) is 0 Å². The van der Waals surface area contributed by atoms with Gasteiger partial charge in [0.1, 0.15) is 12.0 Å². The van der Waals surface area contributed by atoms with Gasteiger partial charge >= 0.3 is 0 Å². The number of sulfone groups is 1. The smallest absolute Gasteiger partial charge is 0.226 e. The molecule has 0 radical (unpaired) electrons. The summed E-state index contributed by atoms with van der Waals surface area (Å²) in [6.07, 6.45) is 1.31. The molecule has 0 bridgehead atoms. The summed E-state index contributed by atoms with van der Waals surface area (Å²) >= 11 is 0. The van der Waals surface area contributed by atoms with Crippen LogP contribution in [0.15, 0.2) is 63.7 Å². The van der Waals surface area contributed by atoms with Crippen molar-refractivity contribution in [2.75, 3.05) is 18.0 Å². The molecule has 154 valence electrons. The zero-order valence-corrected chi connectivity index (χ0v) is 18.4. The molecular formula is C23H24N4O2S. The van der Waals surface area contributed by atoms with Gasteiger partial charge in [-0.3, -0.25) is 0 Å². The van der Waals surface area contributed by atoms with E-state index < -0.39 is 9.84 Å². The molecule has 30 heavy (non-hydrogen) atoms. The number of hydrogen-bond acceptors (Lipinski definition) is 6. The van der Waals surface area contributed by atoms with Crippen molar-refractivity contribution in [2.45, 2.75) is 37.6 Å². The number of aromatic nitrogens is 2. The molecule has 0 unspecified atom stereocenters. The van der Waals surface area contributed by atoms with Gasteiger partial charge in [0.25, 0.3) is 0 Å². The summed E-state index contributed by atoms with van der Waals surface area (Å²) < 4.78 is 27.3. The molecular weight excluding hydrogens is 396 g/mol. The van der Waals surface area contributed by atoms with Gasteiger partial charge in [-0.15, -0.1) is 0 Å². The van der Waals surface area contributed by atoms with Crippen molar-refractivity contribution in [3.05, 3.63) is 71.0 Å². The van der Waals surface area contributed by atoms with Gasteiger partial charge in [-0.05, 0) is 39.8 Å². The fourth-order valence-electron chi connectivity index (χ4n) is 3.67. The molecule has 6 nitrogen and oxygen atoms in total. The third kappa shape index (κ3) is 3.29.